The normalized spacial score (nSPS) is 10.7. The molecule has 0 radical (unpaired) electrons. The first-order valence-corrected chi connectivity index (χ1v) is 9.25. The van der Waals surface area contributed by atoms with Crippen LogP contribution in [0.5, 0.6) is 5.75 Å². The molecule has 130 valence electrons. The van der Waals surface area contributed by atoms with Crippen LogP contribution in [0.15, 0.2) is 60.9 Å². The second-order valence-electron chi connectivity index (χ2n) is 6.26. The van der Waals surface area contributed by atoms with E-state index in [4.69, 9.17) is 10.00 Å². The molecule has 2 rings (SSSR count). The number of rotatable bonds is 10. The molecule has 0 aliphatic carbocycles. The van der Waals surface area contributed by atoms with Crippen LogP contribution in [0.2, 0.25) is 0 Å². The Balaban J connectivity index is 1.73. The summed E-state index contributed by atoms with van der Waals surface area (Å²) in [6, 6.07) is 17.8. The zero-order valence-corrected chi connectivity index (χ0v) is 15.1. The van der Waals surface area contributed by atoms with Crippen molar-refractivity contribution < 1.29 is 4.74 Å². The van der Waals surface area contributed by atoms with E-state index >= 15 is 0 Å². The first kappa shape index (κ1) is 18.8. The summed E-state index contributed by atoms with van der Waals surface area (Å²) >= 11 is 0. The van der Waals surface area contributed by atoms with Gasteiger partial charge in [-0.3, -0.25) is 0 Å². The lowest BCUT2D eigenvalue weighted by Gasteiger charge is -2.04. The predicted molar refractivity (Wildman–Crippen MR) is 104 cm³/mol. The molecule has 0 amide bonds. The van der Waals surface area contributed by atoms with E-state index in [1.54, 1.807) is 6.26 Å². The molecule has 25 heavy (non-hydrogen) atoms. The van der Waals surface area contributed by atoms with Crippen molar-refractivity contribution in [2.75, 3.05) is 0 Å². The van der Waals surface area contributed by atoms with Crippen molar-refractivity contribution in [1.29, 1.82) is 5.26 Å². The molecule has 0 saturated heterocycles. The van der Waals surface area contributed by atoms with E-state index in [9.17, 15) is 0 Å². The molecule has 2 nitrogen and oxygen atoms in total. The SMILES string of the molecule is CCCCCCCCC=COc1ccc(-c2ccc(C#N)cc2)cc1. The minimum Gasteiger partial charge on any atom is -0.465 e. The quantitative estimate of drug-likeness (QED) is 0.351. The molecule has 0 spiro atoms. The summed E-state index contributed by atoms with van der Waals surface area (Å²) in [7, 11) is 0. The standard InChI is InChI=1S/C23H27NO/c1-2-3-4-5-6-7-8-9-18-25-23-16-14-22(15-17-23)21-12-10-20(19-24)11-13-21/h9-18H,2-8H2,1H3. The monoisotopic (exact) mass is 333 g/mol. The Labute approximate surface area is 151 Å². The van der Waals surface area contributed by atoms with E-state index in [2.05, 4.69) is 19.1 Å². The smallest absolute Gasteiger partial charge is 0.126 e. The lowest BCUT2D eigenvalue weighted by atomic mass is 10.0. The fourth-order valence-corrected chi connectivity index (χ4v) is 2.70. The summed E-state index contributed by atoms with van der Waals surface area (Å²) in [4.78, 5) is 0. The average Bonchev–Trinajstić information content (AvgIpc) is 2.67. The van der Waals surface area contributed by atoms with Gasteiger partial charge in [-0.2, -0.15) is 5.26 Å². The minimum atomic E-state index is 0.680. The Morgan fingerprint density at radius 3 is 2.08 bits per heavy atom. The third-order valence-corrected chi connectivity index (χ3v) is 4.23. The first-order valence-electron chi connectivity index (χ1n) is 9.25. The maximum atomic E-state index is 8.85. The van der Waals surface area contributed by atoms with Crippen LogP contribution in [-0.2, 0) is 0 Å². The second kappa shape index (κ2) is 11.1. The maximum absolute atomic E-state index is 8.85. The summed E-state index contributed by atoms with van der Waals surface area (Å²) < 4.78 is 5.65. The topological polar surface area (TPSA) is 33.0 Å². The number of benzene rings is 2. The lowest BCUT2D eigenvalue weighted by Crippen LogP contribution is -1.84. The number of ether oxygens (including phenoxy) is 1. The molecule has 0 aliphatic heterocycles. The molecule has 0 aliphatic rings. The zero-order chi connectivity index (χ0) is 17.7. The molecule has 0 unspecified atom stereocenters. The minimum absolute atomic E-state index is 0.680. The Morgan fingerprint density at radius 2 is 1.44 bits per heavy atom. The highest BCUT2D eigenvalue weighted by Gasteiger charge is 1.99. The average molecular weight is 333 g/mol. The van der Waals surface area contributed by atoms with Crippen molar-refractivity contribution in [2.45, 2.75) is 51.9 Å². The van der Waals surface area contributed by atoms with Crippen LogP contribution in [0.3, 0.4) is 0 Å². The first-order chi connectivity index (χ1) is 12.3. The van der Waals surface area contributed by atoms with E-state index in [0.29, 0.717) is 5.56 Å². The lowest BCUT2D eigenvalue weighted by molar-refractivity contribution is 0.477. The Bertz CT molecular complexity index is 678. The van der Waals surface area contributed by atoms with Crippen molar-refractivity contribution >= 4 is 0 Å². The summed E-state index contributed by atoms with van der Waals surface area (Å²) in [5, 5.41) is 8.85. The highest BCUT2D eigenvalue weighted by molar-refractivity contribution is 5.64. The second-order valence-corrected chi connectivity index (χ2v) is 6.26. The number of hydrogen-bond acceptors (Lipinski definition) is 2. The van der Waals surface area contributed by atoms with Gasteiger partial charge in [0, 0.05) is 0 Å². The van der Waals surface area contributed by atoms with Crippen molar-refractivity contribution in [2.24, 2.45) is 0 Å². The van der Waals surface area contributed by atoms with Crippen molar-refractivity contribution in [3.63, 3.8) is 0 Å². The molecule has 0 saturated carbocycles. The van der Waals surface area contributed by atoms with E-state index in [1.807, 2.05) is 48.5 Å². The highest BCUT2D eigenvalue weighted by atomic mass is 16.5. The van der Waals surface area contributed by atoms with Gasteiger partial charge in [0.15, 0.2) is 0 Å². The molecule has 0 aromatic heterocycles. The largest absolute Gasteiger partial charge is 0.465 e. The molecule has 2 aromatic carbocycles. The third-order valence-electron chi connectivity index (χ3n) is 4.23. The van der Waals surface area contributed by atoms with Crippen LogP contribution in [0.25, 0.3) is 11.1 Å². The number of nitrogens with zero attached hydrogens (tertiary/aromatic N) is 1. The summed E-state index contributed by atoms with van der Waals surface area (Å²) in [5.74, 6) is 0.844. The van der Waals surface area contributed by atoms with Gasteiger partial charge in [0.05, 0.1) is 17.9 Å². The van der Waals surface area contributed by atoms with Gasteiger partial charge in [0.25, 0.3) is 0 Å². The molecule has 0 N–H and O–H groups in total. The van der Waals surface area contributed by atoms with Crippen LogP contribution < -0.4 is 4.74 Å². The Morgan fingerprint density at radius 1 is 0.840 bits per heavy atom. The van der Waals surface area contributed by atoms with Crippen molar-refractivity contribution in [3.05, 3.63) is 66.4 Å². The van der Waals surface area contributed by atoms with Gasteiger partial charge in [-0.05, 0) is 54.3 Å². The fraction of sp³-hybridized carbons (Fsp3) is 0.348. The Kier molecular flexibility index (Phi) is 8.35. The molecule has 2 heteroatoms. The Hall–Kier alpha value is -2.53. The van der Waals surface area contributed by atoms with Gasteiger partial charge in [-0.15, -0.1) is 0 Å². The number of allylic oxidation sites excluding steroid dienone is 1. The number of hydrogen-bond donors (Lipinski definition) is 0. The molecular weight excluding hydrogens is 306 g/mol. The summed E-state index contributed by atoms with van der Waals surface area (Å²) in [5.41, 5.74) is 2.90. The van der Waals surface area contributed by atoms with Crippen LogP contribution >= 0.6 is 0 Å². The van der Waals surface area contributed by atoms with Gasteiger partial charge in [-0.25, -0.2) is 0 Å². The summed E-state index contributed by atoms with van der Waals surface area (Å²) in [6.45, 7) is 2.25. The van der Waals surface area contributed by atoms with Crippen LogP contribution in [0, 0.1) is 11.3 Å². The molecule has 0 atom stereocenters. The molecular formula is C23H27NO. The van der Waals surface area contributed by atoms with Gasteiger partial charge in [-0.1, -0.05) is 63.3 Å². The van der Waals surface area contributed by atoms with Gasteiger partial charge < -0.3 is 4.74 Å². The number of unbranched alkanes of at least 4 members (excludes halogenated alkanes) is 6. The van der Waals surface area contributed by atoms with Gasteiger partial charge in [0.1, 0.15) is 5.75 Å². The van der Waals surface area contributed by atoms with E-state index in [0.717, 1.165) is 23.3 Å². The molecule has 0 fully saturated rings. The highest BCUT2D eigenvalue weighted by Crippen LogP contribution is 2.23. The maximum Gasteiger partial charge on any atom is 0.126 e. The van der Waals surface area contributed by atoms with Crippen LogP contribution in [0.1, 0.15) is 57.4 Å². The molecule has 0 heterocycles. The van der Waals surface area contributed by atoms with Crippen molar-refractivity contribution in [3.8, 4) is 22.9 Å². The van der Waals surface area contributed by atoms with E-state index in [-0.39, 0.29) is 0 Å². The fourth-order valence-electron chi connectivity index (χ4n) is 2.70. The van der Waals surface area contributed by atoms with Crippen molar-refractivity contribution in [1.82, 2.24) is 0 Å². The van der Waals surface area contributed by atoms with E-state index < -0.39 is 0 Å². The zero-order valence-electron chi connectivity index (χ0n) is 15.1. The van der Waals surface area contributed by atoms with Crippen LogP contribution in [0.4, 0.5) is 0 Å². The van der Waals surface area contributed by atoms with Gasteiger partial charge >= 0.3 is 0 Å². The number of nitriles is 1. The summed E-state index contributed by atoms with van der Waals surface area (Å²) in [6.07, 6.45) is 12.9. The van der Waals surface area contributed by atoms with Crippen LogP contribution in [-0.4, -0.2) is 0 Å². The van der Waals surface area contributed by atoms with E-state index in [1.165, 1.54) is 38.5 Å². The van der Waals surface area contributed by atoms with Gasteiger partial charge in [0.2, 0.25) is 0 Å². The predicted octanol–water partition coefficient (Wildman–Crippen LogP) is 6.87. The third kappa shape index (κ3) is 6.85. The molecule has 0 bridgehead atoms. The molecule has 2 aromatic rings.